The average molecular weight is 436 g/mol. The van der Waals surface area contributed by atoms with Crippen molar-refractivity contribution in [3.63, 3.8) is 0 Å². The van der Waals surface area contributed by atoms with Crippen LogP contribution >= 0.6 is 0 Å². The van der Waals surface area contributed by atoms with E-state index < -0.39 is 17.6 Å². The van der Waals surface area contributed by atoms with E-state index in [9.17, 15) is 14.7 Å². The van der Waals surface area contributed by atoms with Gasteiger partial charge in [-0.3, -0.25) is 4.79 Å². The molecule has 1 aromatic rings. The van der Waals surface area contributed by atoms with Gasteiger partial charge in [0.05, 0.1) is 5.69 Å². The topological polar surface area (TPSA) is 86.6 Å². The summed E-state index contributed by atoms with van der Waals surface area (Å²) in [5, 5.41) is 21.6. The lowest BCUT2D eigenvalue weighted by molar-refractivity contribution is -0.112. The Balaban J connectivity index is 2.02. The number of benzene rings is 1. The van der Waals surface area contributed by atoms with Crippen LogP contribution < -0.4 is 5.32 Å². The number of rotatable bonds is 7. The lowest BCUT2D eigenvalue weighted by Crippen LogP contribution is -2.19. The number of anilines is 1. The Bertz CT molecular complexity index is 1040. The van der Waals surface area contributed by atoms with E-state index in [4.69, 9.17) is 5.11 Å². The van der Waals surface area contributed by atoms with Crippen LogP contribution in [-0.4, -0.2) is 22.1 Å². The molecule has 0 fully saturated rings. The van der Waals surface area contributed by atoms with Gasteiger partial charge in [0.2, 0.25) is 5.91 Å². The molecular formula is C27H33NO4. The van der Waals surface area contributed by atoms with Gasteiger partial charge >= 0.3 is 5.97 Å². The summed E-state index contributed by atoms with van der Waals surface area (Å²) in [7, 11) is 0. The molecular weight excluding hydrogens is 402 g/mol. The van der Waals surface area contributed by atoms with Gasteiger partial charge in [-0.05, 0) is 68.7 Å². The standard InChI is InChI=1S/C27H33NO4/c1-18(14-15-22-20(3)11-8-16-27(22,4)5)9-6-10-19(2)17-24(29)28-23-13-7-12-21(25(23)30)26(31)32/h6-7,9-10,12-15,17,30H,8,11,16H2,1-5H3,(H,28,29)(H,31,32)/b10-6+,15-14+,18-9+,19-17+. The van der Waals surface area contributed by atoms with Gasteiger partial charge in [-0.1, -0.05) is 61.4 Å². The Labute approximate surface area is 190 Å². The largest absolute Gasteiger partial charge is 0.505 e. The summed E-state index contributed by atoms with van der Waals surface area (Å²) in [5.74, 6) is -2.18. The summed E-state index contributed by atoms with van der Waals surface area (Å²) < 4.78 is 0. The fourth-order valence-electron chi connectivity index (χ4n) is 3.87. The van der Waals surface area contributed by atoms with E-state index in [0.29, 0.717) is 0 Å². The molecule has 0 bridgehead atoms. The number of phenols is 1. The lowest BCUT2D eigenvalue weighted by Gasteiger charge is -2.32. The number of hydrogen-bond acceptors (Lipinski definition) is 3. The van der Waals surface area contributed by atoms with E-state index in [-0.39, 0.29) is 16.7 Å². The third-order valence-corrected chi connectivity index (χ3v) is 5.66. The van der Waals surface area contributed by atoms with Crippen molar-refractivity contribution in [2.75, 3.05) is 5.32 Å². The van der Waals surface area contributed by atoms with Crippen LogP contribution in [0.5, 0.6) is 5.75 Å². The summed E-state index contributed by atoms with van der Waals surface area (Å²) in [6, 6.07) is 4.18. The van der Waals surface area contributed by atoms with Crippen LogP contribution in [-0.2, 0) is 4.79 Å². The highest BCUT2D eigenvalue weighted by Gasteiger charge is 2.26. The molecule has 0 atom stereocenters. The van der Waals surface area contributed by atoms with Gasteiger partial charge in [0, 0.05) is 6.08 Å². The minimum Gasteiger partial charge on any atom is -0.505 e. The van der Waals surface area contributed by atoms with Gasteiger partial charge in [-0.25, -0.2) is 4.79 Å². The second-order valence-corrected chi connectivity index (χ2v) is 8.92. The molecule has 5 nitrogen and oxygen atoms in total. The molecule has 0 aromatic heterocycles. The molecule has 170 valence electrons. The van der Waals surface area contributed by atoms with Crippen molar-refractivity contribution in [2.24, 2.45) is 5.41 Å². The molecule has 1 aromatic carbocycles. The maximum atomic E-state index is 12.2. The Morgan fingerprint density at radius 2 is 1.84 bits per heavy atom. The predicted octanol–water partition coefficient (Wildman–Crippen LogP) is 6.56. The van der Waals surface area contributed by atoms with Gasteiger partial charge < -0.3 is 15.5 Å². The van der Waals surface area contributed by atoms with Crippen molar-refractivity contribution in [2.45, 2.75) is 53.9 Å². The van der Waals surface area contributed by atoms with E-state index in [1.54, 1.807) is 6.92 Å². The summed E-state index contributed by atoms with van der Waals surface area (Å²) in [6.45, 7) is 10.6. The number of allylic oxidation sites excluding steroid dienone is 9. The molecule has 0 aliphatic heterocycles. The predicted molar refractivity (Wildman–Crippen MR) is 130 cm³/mol. The molecule has 0 heterocycles. The van der Waals surface area contributed by atoms with Gasteiger partial charge in [0.1, 0.15) is 5.56 Å². The number of carboxylic acid groups (broad SMARTS) is 1. The van der Waals surface area contributed by atoms with Crippen LogP contribution in [0.2, 0.25) is 0 Å². The zero-order valence-electron chi connectivity index (χ0n) is 19.5. The highest BCUT2D eigenvalue weighted by Crippen LogP contribution is 2.40. The number of carbonyl (C=O) groups excluding carboxylic acids is 1. The fourth-order valence-corrected chi connectivity index (χ4v) is 3.87. The quantitative estimate of drug-likeness (QED) is 0.257. The summed E-state index contributed by atoms with van der Waals surface area (Å²) in [5.41, 5.74) is 4.71. The first kappa shape index (κ1) is 24.9. The van der Waals surface area contributed by atoms with Crippen LogP contribution in [0.1, 0.15) is 64.2 Å². The number of hydrogen-bond donors (Lipinski definition) is 3. The molecule has 1 aliphatic rings. The first-order valence-corrected chi connectivity index (χ1v) is 10.8. The monoisotopic (exact) mass is 435 g/mol. The van der Waals surface area contributed by atoms with Gasteiger partial charge in [0.25, 0.3) is 0 Å². The molecule has 32 heavy (non-hydrogen) atoms. The smallest absolute Gasteiger partial charge is 0.339 e. The number of aromatic hydroxyl groups is 1. The molecule has 3 N–H and O–H groups in total. The summed E-state index contributed by atoms with van der Waals surface area (Å²) >= 11 is 0. The van der Waals surface area contributed by atoms with Crippen LogP contribution in [0.15, 0.2) is 76.9 Å². The minimum absolute atomic E-state index is 0.0547. The van der Waals surface area contributed by atoms with Crippen LogP contribution in [0.3, 0.4) is 0 Å². The van der Waals surface area contributed by atoms with Crippen LogP contribution in [0, 0.1) is 5.41 Å². The van der Waals surface area contributed by atoms with Crippen LogP contribution in [0.25, 0.3) is 0 Å². The Kier molecular flexibility index (Phi) is 8.41. The number of nitrogens with one attached hydrogen (secondary N) is 1. The Morgan fingerprint density at radius 3 is 2.50 bits per heavy atom. The molecule has 1 aliphatic carbocycles. The first-order valence-electron chi connectivity index (χ1n) is 10.8. The number of amides is 1. The third-order valence-electron chi connectivity index (χ3n) is 5.66. The summed E-state index contributed by atoms with van der Waals surface area (Å²) in [6.07, 6.45) is 15.0. The van der Waals surface area contributed by atoms with E-state index in [0.717, 1.165) is 17.6 Å². The fraction of sp³-hybridized carbons (Fsp3) is 0.333. The van der Waals surface area contributed by atoms with Gasteiger partial charge in [-0.15, -0.1) is 0 Å². The van der Waals surface area contributed by atoms with E-state index in [2.05, 4.69) is 38.2 Å². The second-order valence-electron chi connectivity index (χ2n) is 8.92. The van der Waals surface area contributed by atoms with Crippen LogP contribution in [0.4, 0.5) is 5.69 Å². The number of carboxylic acids is 1. The van der Waals surface area contributed by atoms with Gasteiger partial charge in [-0.2, -0.15) is 0 Å². The maximum Gasteiger partial charge on any atom is 0.339 e. The highest BCUT2D eigenvalue weighted by atomic mass is 16.4. The zero-order valence-corrected chi connectivity index (χ0v) is 19.5. The second kappa shape index (κ2) is 10.8. The van der Waals surface area contributed by atoms with Gasteiger partial charge in [0.15, 0.2) is 5.75 Å². The minimum atomic E-state index is -1.26. The van der Waals surface area contributed by atoms with Crippen molar-refractivity contribution in [3.05, 3.63) is 82.5 Å². The maximum absolute atomic E-state index is 12.2. The number of para-hydroxylation sites is 1. The number of aromatic carboxylic acids is 1. The molecule has 0 saturated heterocycles. The van der Waals surface area contributed by atoms with Crippen molar-refractivity contribution >= 4 is 17.6 Å². The van der Waals surface area contributed by atoms with Crippen molar-refractivity contribution < 1.29 is 19.8 Å². The normalized spacial score (nSPS) is 17.3. The van der Waals surface area contributed by atoms with Crippen molar-refractivity contribution in [1.82, 2.24) is 0 Å². The molecule has 5 heteroatoms. The molecule has 2 rings (SSSR count). The third kappa shape index (κ3) is 6.84. The van der Waals surface area contributed by atoms with Crippen molar-refractivity contribution in [1.29, 1.82) is 0 Å². The van der Waals surface area contributed by atoms with E-state index in [1.807, 2.05) is 25.2 Å². The van der Waals surface area contributed by atoms with E-state index >= 15 is 0 Å². The van der Waals surface area contributed by atoms with Crippen molar-refractivity contribution in [3.8, 4) is 5.75 Å². The molecule has 1 amide bonds. The average Bonchev–Trinajstić information content (AvgIpc) is 2.68. The molecule has 0 radical (unpaired) electrons. The zero-order chi connectivity index (χ0) is 23.9. The highest BCUT2D eigenvalue weighted by molar-refractivity contribution is 6.02. The molecule has 0 unspecified atom stereocenters. The summed E-state index contributed by atoms with van der Waals surface area (Å²) in [4.78, 5) is 23.3. The SMILES string of the molecule is CC1=C(/C=C/C(C)=C/C=C/C(C)=C/C(=O)Nc2cccc(C(=O)O)c2O)C(C)(C)CCC1. The molecule has 0 spiro atoms. The van der Waals surface area contributed by atoms with E-state index in [1.165, 1.54) is 48.3 Å². The lowest BCUT2D eigenvalue weighted by atomic mass is 9.72. The Hall–Kier alpha value is -3.34. The first-order chi connectivity index (χ1) is 15.0. The molecule has 0 saturated carbocycles. The Morgan fingerprint density at radius 1 is 1.12 bits per heavy atom. The number of carbonyl (C=O) groups is 2.